The highest BCUT2D eigenvalue weighted by Gasteiger charge is 2.36. The number of carbonyl (C=O) groups is 1. The summed E-state index contributed by atoms with van der Waals surface area (Å²) >= 11 is 0. The van der Waals surface area contributed by atoms with Crippen LogP contribution >= 0.6 is 0 Å². The van der Waals surface area contributed by atoms with Crippen LogP contribution in [0.5, 0.6) is 0 Å². The van der Waals surface area contributed by atoms with Crippen molar-refractivity contribution in [1.29, 1.82) is 0 Å². The number of carbonyl (C=O) groups excluding carboxylic acids is 1. The van der Waals surface area contributed by atoms with E-state index >= 15 is 0 Å². The van der Waals surface area contributed by atoms with Gasteiger partial charge < -0.3 is 5.32 Å². The number of amides is 1. The molecule has 3 rings (SSSR count). The lowest BCUT2D eigenvalue weighted by Gasteiger charge is -2.45. The van der Waals surface area contributed by atoms with Crippen LogP contribution in [-0.4, -0.2) is 53.5 Å². The van der Waals surface area contributed by atoms with Gasteiger partial charge in [-0.25, -0.2) is 9.97 Å². The molecule has 1 unspecified atom stereocenters. The second-order valence-corrected chi connectivity index (χ2v) is 6.22. The van der Waals surface area contributed by atoms with Gasteiger partial charge in [0.15, 0.2) is 0 Å². The predicted molar refractivity (Wildman–Crippen MR) is 80.9 cm³/mol. The van der Waals surface area contributed by atoms with Gasteiger partial charge in [-0.15, -0.1) is 0 Å². The summed E-state index contributed by atoms with van der Waals surface area (Å²) in [6.45, 7) is 4.67. The Morgan fingerprint density at radius 1 is 1.33 bits per heavy atom. The van der Waals surface area contributed by atoms with Crippen LogP contribution in [0.15, 0.2) is 18.5 Å². The van der Waals surface area contributed by atoms with E-state index in [9.17, 15) is 4.79 Å². The Hall–Kier alpha value is -1.53. The van der Waals surface area contributed by atoms with Gasteiger partial charge in [-0.1, -0.05) is 0 Å². The van der Waals surface area contributed by atoms with Crippen molar-refractivity contribution < 1.29 is 4.79 Å². The first kappa shape index (κ1) is 14.4. The van der Waals surface area contributed by atoms with Crippen molar-refractivity contribution in [3.05, 3.63) is 18.5 Å². The fourth-order valence-electron chi connectivity index (χ4n) is 3.55. The lowest BCUT2D eigenvalue weighted by molar-refractivity contribution is -0.118. The van der Waals surface area contributed by atoms with Crippen molar-refractivity contribution >= 4 is 11.9 Å². The number of nitrogens with zero attached hydrogens (tertiary/aromatic N) is 3. The van der Waals surface area contributed by atoms with Crippen LogP contribution in [0.1, 0.15) is 25.7 Å². The summed E-state index contributed by atoms with van der Waals surface area (Å²) in [5.41, 5.74) is 0.375. The number of nitrogens with one attached hydrogen (secondary N) is 2. The molecule has 1 spiro atoms. The lowest BCUT2D eigenvalue weighted by Crippen LogP contribution is -2.52. The zero-order valence-corrected chi connectivity index (χ0v) is 12.3. The van der Waals surface area contributed by atoms with Crippen molar-refractivity contribution in [1.82, 2.24) is 20.2 Å². The molecule has 3 heterocycles. The van der Waals surface area contributed by atoms with Gasteiger partial charge in [0, 0.05) is 25.5 Å². The molecule has 0 radical (unpaired) electrons. The molecule has 1 atom stereocenters. The molecule has 0 aliphatic carbocycles. The van der Waals surface area contributed by atoms with E-state index in [4.69, 9.17) is 0 Å². The highest BCUT2D eigenvalue weighted by atomic mass is 16.2. The zero-order chi connectivity index (χ0) is 14.5. The van der Waals surface area contributed by atoms with Gasteiger partial charge in [0.1, 0.15) is 0 Å². The molecule has 2 saturated heterocycles. The second-order valence-electron chi connectivity index (χ2n) is 6.22. The molecule has 6 nitrogen and oxygen atoms in total. The van der Waals surface area contributed by atoms with Gasteiger partial charge in [0.2, 0.25) is 11.9 Å². The summed E-state index contributed by atoms with van der Waals surface area (Å²) in [4.78, 5) is 22.4. The first-order valence-corrected chi connectivity index (χ1v) is 7.76. The maximum atomic E-state index is 12.1. The molecule has 0 aromatic carbocycles. The van der Waals surface area contributed by atoms with Crippen LogP contribution in [0, 0.1) is 5.41 Å². The van der Waals surface area contributed by atoms with E-state index in [2.05, 4.69) is 25.5 Å². The van der Waals surface area contributed by atoms with Gasteiger partial charge in [-0.05, 0) is 50.3 Å². The molecule has 6 heteroatoms. The van der Waals surface area contributed by atoms with E-state index in [1.54, 1.807) is 18.5 Å². The normalized spacial score (nSPS) is 26.7. The Labute approximate surface area is 125 Å². The summed E-state index contributed by atoms with van der Waals surface area (Å²) < 4.78 is 0. The topological polar surface area (TPSA) is 70.2 Å². The third-order valence-corrected chi connectivity index (χ3v) is 4.49. The Kier molecular flexibility index (Phi) is 4.45. The van der Waals surface area contributed by atoms with Crippen molar-refractivity contribution in [2.45, 2.75) is 25.7 Å². The predicted octanol–water partition coefficient (Wildman–Crippen LogP) is 0.881. The first-order valence-electron chi connectivity index (χ1n) is 7.76. The number of hydrogen-bond acceptors (Lipinski definition) is 5. The number of aromatic nitrogens is 2. The lowest BCUT2D eigenvalue weighted by atomic mass is 9.74. The number of piperidine rings is 2. The molecule has 1 amide bonds. The Balaban J connectivity index is 1.53. The number of rotatable bonds is 3. The van der Waals surface area contributed by atoms with E-state index < -0.39 is 0 Å². The van der Waals surface area contributed by atoms with Gasteiger partial charge >= 0.3 is 0 Å². The molecule has 2 fully saturated rings. The maximum Gasteiger partial charge on any atom is 0.240 e. The van der Waals surface area contributed by atoms with E-state index in [1.165, 1.54) is 25.7 Å². The third kappa shape index (κ3) is 3.77. The van der Waals surface area contributed by atoms with E-state index in [0.29, 0.717) is 17.9 Å². The van der Waals surface area contributed by atoms with E-state index in [0.717, 1.165) is 26.2 Å². The second kappa shape index (κ2) is 6.49. The van der Waals surface area contributed by atoms with Crippen LogP contribution in [0.4, 0.5) is 5.95 Å². The molecule has 2 aliphatic heterocycles. The number of likely N-dealkylation sites (tertiary alicyclic amines) is 1. The highest BCUT2D eigenvalue weighted by Crippen LogP contribution is 2.35. The molecular weight excluding hydrogens is 266 g/mol. The zero-order valence-electron chi connectivity index (χ0n) is 12.3. The van der Waals surface area contributed by atoms with Gasteiger partial charge in [-0.2, -0.15) is 0 Å². The SMILES string of the molecule is O=C(CN1CCCC2(CCCNC2)C1)Nc1ncccn1. The van der Waals surface area contributed by atoms with Crippen molar-refractivity contribution in [2.75, 3.05) is 38.0 Å². The van der Waals surface area contributed by atoms with Crippen LogP contribution in [-0.2, 0) is 4.79 Å². The third-order valence-electron chi connectivity index (χ3n) is 4.49. The minimum atomic E-state index is -0.0259. The monoisotopic (exact) mass is 289 g/mol. The Bertz CT molecular complexity index is 467. The average Bonchev–Trinajstić information content (AvgIpc) is 2.49. The Morgan fingerprint density at radius 2 is 2.14 bits per heavy atom. The van der Waals surface area contributed by atoms with Crippen LogP contribution in [0.3, 0.4) is 0 Å². The number of anilines is 1. The molecule has 2 aliphatic rings. The molecular formula is C15H23N5O. The summed E-state index contributed by atoms with van der Waals surface area (Å²) in [6.07, 6.45) is 8.24. The Morgan fingerprint density at radius 3 is 2.90 bits per heavy atom. The van der Waals surface area contributed by atoms with E-state index in [1.807, 2.05) is 0 Å². The van der Waals surface area contributed by atoms with Crippen molar-refractivity contribution in [3.63, 3.8) is 0 Å². The summed E-state index contributed by atoms with van der Waals surface area (Å²) in [5, 5.41) is 6.27. The first-order chi connectivity index (χ1) is 10.3. The van der Waals surface area contributed by atoms with Gasteiger partial charge in [0.05, 0.1) is 6.54 Å². The summed E-state index contributed by atoms with van der Waals surface area (Å²) in [7, 11) is 0. The standard InChI is InChI=1S/C15H23N5O/c21-13(19-14-17-7-3-8-18-14)10-20-9-2-5-15(12-20)4-1-6-16-11-15/h3,7-8,16H,1-2,4-6,9-12H2,(H,17,18,19,21). The number of hydrogen-bond donors (Lipinski definition) is 2. The highest BCUT2D eigenvalue weighted by molar-refractivity contribution is 5.90. The fraction of sp³-hybridized carbons (Fsp3) is 0.667. The molecule has 0 saturated carbocycles. The molecule has 1 aromatic rings. The quantitative estimate of drug-likeness (QED) is 0.864. The summed E-state index contributed by atoms with van der Waals surface area (Å²) in [6, 6.07) is 1.74. The molecule has 21 heavy (non-hydrogen) atoms. The smallest absolute Gasteiger partial charge is 0.240 e. The minimum Gasteiger partial charge on any atom is -0.316 e. The van der Waals surface area contributed by atoms with Crippen molar-refractivity contribution in [2.24, 2.45) is 5.41 Å². The minimum absolute atomic E-state index is 0.0259. The average molecular weight is 289 g/mol. The van der Waals surface area contributed by atoms with Gasteiger partial charge in [-0.3, -0.25) is 15.0 Å². The summed E-state index contributed by atoms with van der Waals surface area (Å²) in [5.74, 6) is 0.357. The molecule has 114 valence electrons. The molecule has 0 bridgehead atoms. The fourth-order valence-corrected chi connectivity index (χ4v) is 3.55. The molecule has 2 N–H and O–H groups in total. The van der Waals surface area contributed by atoms with Crippen LogP contribution in [0.25, 0.3) is 0 Å². The van der Waals surface area contributed by atoms with Gasteiger partial charge in [0.25, 0.3) is 0 Å². The molecule has 1 aromatic heterocycles. The van der Waals surface area contributed by atoms with E-state index in [-0.39, 0.29) is 5.91 Å². The van der Waals surface area contributed by atoms with Crippen molar-refractivity contribution in [3.8, 4) is 0 Å². The van der Waals surface area contributed by atoms with Crippen LogP contribution in [0.2, 0.25) is 0 Å². The maximum absolute atomic E-state index is 12.1. The van der Waals surface area contributed by atoms with Crippen LogP contribution < -0.4 is 10.6 Å². The largest absolute Gasteiger partial charge is 0.316 e.